The van der Waals surface area contributed by atoms with Gasteiger partial charge in [-0.1, -0.05) is 42.5 Å². The molecule has 154 valence electrons. The lowest BCUT2D eigenvalue weighted by atomic mass is 9.60. The Kier molecular flexibility index (Phi) is 5.58. The Morgan fingerprint density at radius 3 is 2.43 bits per heavy atom. The van der Waals surface area contributed by atoms with Crippen molar-refractivity contribution in [1.29, 1.82) is 0 Å². The van der Waals surface area contributed by atoms with Crippen molar-refractivity contribution in [2.75, 3.05) is 13.1 Å². The number of likely N-dealkylation sites (tertiary alicyclic amines) is 1. The first-order valence-electron chi connectivity index (χ1n) is 9.99. The quantitative estimate of drug-likeness (QED) is 0.589. The second kappa shape index (κ2) is 7.38. The fourth-order valence-electron chi connectivity index (χ4n) is 5.00. The summed E-state index contributed by atoms with van der Waals surface area (Å²) in [5.74, 6) is 0.230. The molecule has 1 aromatic carbocycles. The topological polar surface area (TPSA) is 76.0 Å². The molecular formula is C22H32N2O3S. The number of carbonyl (C=O) groups is 1. The number of amides is 1. The second-order valence-electron chi connectivity index (χ2n) is 9.86. The molecule has 28 heavy (non-hydrogen) atoms. The summed E-state index contributed by atoms with van der Waals surface area (Å²) >= 11 is -1.29. The van der Waals surface area contributed by atoms with E-state index in [9.17, 15) is 14.5 Å². The van der Waals surface area contributed by atoms with Crippen LogP contribution in [-0.4, -0.2) is 44.7 Å². The molecule has 1 unspecified atom stereocenters. The third-order valence-corrected chi connectivity index (χ3v) is 7.64. The first-order chi connectivity index (χ1) is 13.0. The largest absolute Gasteiger partial charge is 0.591 e. The zero-order valence-corrected chi connectivity index (χ0v) is 18.4. The van der Waals surface area contributed by atoms with E-state index >= 15 is 0 Å². The van der Waals surface area contributed by atoms with Gasteiger partial charge in [-0.2, -0.15) is 0 Å². The Labute approximate surface area is 171 Å². The lowest BCUT2D eigenvalue weighted by molar-refractivity contribution is 0.0606. The molecule has 1 amide bonds. The van der Waals surface area contributed by atoms with Crippen molar-refractivity contribution < 1.29 is 14.5 Å². The summed E-state index contributed by atoms with van der Waals surface area (Å²) in [4.78, 5) is 12.9. The van der Waals surface area contributed by atoms with Crippen molar-refractivity contribution in [3.63, 3.8) is 0 Å². The third-order valence-electron chi connectivity index (χ3n) is 6.30. The number of carboxylic acid groups (broad SMARTS) is 1. The summed E-state index contributed by atoms with van der Waals surface area (Å²) in [6, 6.07) is 8.56. The third kappa shape index (κ3) is 3.94. The van der Waals surface area contributed by atoms with E-state index in [-0.39, 0.29) is 21.5 Å². The van der Waals surface area contributed by atoms with Crippen LogP contribution in [0.5, 0.6) is 0 Å². The number of fused-ring (bicyclic) bond motifs is 1. The van der Waals surface area contributed by atoms with E-state index in [4.69, 9.17) is 0 Å². The van der Waals surface area contributed by atoms with Gasteiger partial charge in [0.05, 0.1) is 6.21 Å². The number of hydrogen-bond acceptors (Lipinski definition) is 3. The second-order valence-corrected chi connectivity index (χ2v) is 11.8. The number of piperidine rings is 1. The molecule has 2 atom stereocenters. The first-order valence-corrected chi connectivity index (χ1v) is 11.1. The summed E-state index contributed by atoms with van der Waals surface area (Å²) in [6.07, 6.45) is 3.73. The molecule has 1 aliphatic carbocycles. The zero-order valence-electron chi connectivity index (χ0n) is 17.6. The van der Waals surface area contributed by atoms with E-state index in [1.54, 1.807) is 0 Å². The predicted octanol–water partition coefficient (Wildman–Crippen LogP) is 4.65. The van der Waals surface area contributed by atoms with Crippen LogP contribution in [0.25, 0.3) is 0 Å². The van der Waals surface area contributed by atoms with Gasteiger partial charge in [0.15, 0.2) is 0 Å². The van der Waals surface area contributed by atoms with Crippen LogP contribution in [0.4, 0.5) is 4.79 Å². The average molecular weight is 405 g/mol. The van der Waals surface area contributed by atoms with Crippen LogP contribution < -0.4 is 0 Å². The first kappa shape index (κ1) is 21.2. The van der Waals surface area contributed by atoms with Crippen LogP contribution in [0.2, 0.25) is 0 Å². The standard InChI is InChI=1S/C22H32N2O3S/c1-20(2,3)28(27)23-15-21(4,5)18-17-9-7-6-8-16(17)14-22(18)10-12-24(13-11-22)19(25)26/h6-9,15,18H,10-14H2,1-5H3,(H,25,26)/t18-,28?/m1/s1. The van der Waals surface area contributed by atoms with Gasteiger partial charge < -0.3 is 14.6 Å². The van der Waals surface area contributed by atoms with E-state index in [2.05, 4.69) is 42.5 Å². The van der Waals surface area contributed by atoms with Crippen LogP contribution in [0.3, 0.4) is 0 Å². The molecule has 1 spiro atoms. The molecule has 0 radical (unpaired) electrons. The molecule has 0 bridgehead atoms. The van der Waals surface area contributed by atoms with Gasteiger partial charge in [0.1, 0.15) is 16.1 Å². The molecule has 1 saturated heterocycles. The monoisotopic (exact) mass is 404 g/mol. The summed E-state index contributed by atoms with van der Waals surface area (Å²) in [6.45, 7) is 11.3. The predicted molar refractivity (Wildman–Crippen MR) is 114 cm³/mol. The summed E-state index contributed by atoms with van der Waals surface area (Å²) < 4.78 is 16.6. The van der Waals surface area contributed by atoms with Crippen molar-refractivity contribution in [3.05, 3.63) is 35.4 Å². The number of benzene rings is 1. The van der Waals surface area contributed by atoms with Gasteiger partial charge in [-0.05, 0) is 56.6 Å². The normalized spacial score (nSPS) is 23.2. The molecular weight excluding hydrogens is 372 g/mol. The van der Waals surface area contributed by atoms with Crippen molar-refractivity contribution in [3.8, 4) is 0 Å². The van der Waals surface area contributed by atoms with Crippen molar-refractivity contribution >= 4 is 23.7 Å². The van der Waals surface area contributed by atoms with Gasteiger partial charge in [-0.15, -0.1) is 0 Å². The van der Waals surface area contributed by atoms with E-state index in [1.165, 1.54) is 16.0 Å². The molecule has 1 fully saturated rings. The molecule has 0 saturated carbocycles. The maximum absolute atomic E-state index is 12.5. The lowest BCUT2D eigenvalue weighted by Gasteiger charge is -2.47. The molecule has 6 heteroatoms. The van der Waals surface area contributed by atoms with Crippen LogP contribution in [0, 0.1) is 10.8 Å². The smallest absolute Gasteiger partial charge is 0.407 e. The van der Waals surface area contributed by atoms with Gasteiger partial charge in [-0.3, -0.25) is 0 Å². The molecule has 2 aliphatic rings. The highest BCUT2D eigenvalue weighted by molar-refractivity contribution is 7.91. The Morgan fingerprint density at radius 2 is 1.86 bits per heavy atom. The molecule has 1 N–H and O–H groups in total. The molecule has 3 rings (SSSR count). The van der Waals surface area contributed by atoms with Crippen LogP contribution in [-0.2, 0) is 17.8 Å². The maximum Gasteiger partial charge on any atom is 0.407 e. The molecule has 1 aromatic rings. The lowest BCUT2D eigenvalue weighted by Crippen LogP contribution is -2.47. The summed E-state index contributed by atoms with van der Waals surface area (Å²) in [7, 11) is 0. The van der Waals surface area contributed by atoms with Crippen LogP contribution in [0.1, 0.15) is 64.5 Å². The molecule has 1 heterocycles. The fourth-order valence-corrected chi connectivity index (χ4v) is 5.69. The Bertz CT molecular complexity index is 761. The Hall–Kier alpha value is -1.53. The summed E-state index contributed by atoms with van der Waals surface area (Å²) in [5.41, 5.74) is 2.44. The van der Waals surface area contributed by atoms with E-state index in [1.807, 2.05) is 27.0 Å². The SMILES string of the molecule is CC(C)(C=N[S+]([O-])C(C)(C)C)[C@H]1c2ccccc2CC12CCN(C(=O)O)CC2. The average Bonchev–Trinajstić information content (AvgIpc) is 2.93. The minimum atomic E-state index is -1.29. The number of rotatable bonds is 3. The fraction of sp³-hybridized carbons (Fsp3) is 0.636. The minimum Gasteiger partial charge on any atom is -0.591 e. The Balaban J connectivity index is 1.94. The van der Waals surface area contributed by atoms with Crippen molar-refractivity contribution in [1.82, 2.24) is 4.90 Å². The molecule has 1 aliphatic heterocycles. The van der Waals surface area contributed by atoms with Crippen molar-refractivity contribution in [2.24, 2.45) is 15.2 Å². The number of nitrogens with zero attached hydrogens (tertiary/aromatic N) is 2. The maximum atomic E-state index is 12.5. The molecule has 0 aromatic heterocycles. The Morgan fingerprint density at radius 1 is 1.25 bits per heavy atom. The van der Waals surface area contributed by atoms with Gasteiger partial charge in [0, 0.05) is 24.4 Å². The van der Waals surface area contributed by atoms with Gasteiger partial charge >= 0.3 is 6.09 Å². The van der Waals surface area contributed by atoms with E-state index < -0.39 is 17.5 Å². The molecule has 5 nitrogen and oxygen atoms in total. The highest BCUT2D eigenvalue weighted by atomic mass is 32.2. The highest BCUT2D eigenvalue weighted by Gasteiger charge is 2.53. The van der Waals surface area contributed by atoms with E-state index in [0.717, 1.165) is 19.3 Å². The van der Waals surface area contributed by atoms with Crippen LogP contribution in [0.15, 0.2) is 28.7 Å². The van der Waals surface area contributed by atoms with Gasteiger partial charge in [-0.25, -0.2) is 4.79 Å². The van der Waals surface area contributed by atoms with Crippen LogP contribution >= 0.6 is 0 Å². The number of hydrogen-bond donors (Lipinski definition) is 1. The summed E-state index contributed by atoms with van der Waals surface area (Å²) in [5, 5.41) is 9.36. The van der Waals surface area contributed by atoms with Gasteiger partial charge in [0.2, 0.25) is 0 Å². The minimum absolute atomic E-state index is 0.0222. The van der Waals surface area contributed by atoms with E-state index in [0.29, 0.717) is 13.1 Å². The van der Waals surface area contributed by atoms with Crippen molar-refractivity contribution in [2.45, 2.75) is 64.5 Å². The van der Waals surface area contributed by atoms with Gasteiger partial charge in [0.25, 0.3) is 0 Å². The highest BCUT2D eigenvalue weighted by Crippen LogP contribution is 2.59. The zero-order chi connectivity index (χ0) is 20.7.